The Balaban J connectivity index is 1.89. The molecule has 4 heteroatoms. The second-order valence-electron chi connectivity index (χ2n) is 7.66. The Bertz CT molecular complexity index is 490. The number of carbonyl (C=O) groups excluding carboxylic acids is 1. The van der Waals surface area contributed by atoms with Gasteiger partial charge in [-0.1, -0.05) is 36.8 Å². The summed E-state index contributed by atoms with van der Waals surface area (Å²) in [6.07, 6.45) is 5.36. The normalized spacial score (nSPS) is 18.2. The van der Waals surface area contributed by atoms with Gasteiger partial charge in [-0.15, -0.1) is 0 Å². The van der Waals surface area contributed by atoms with Crippen LogP contribution in [0.3, 0.4) is 0 Å². The van der Waals surface area contributed by atoms with E-state index in [-0.39, 0.29) is 6.09 Å². The SMILES string of the molecule is CC(C)(C)OC(=O)N(CCCc1ccccc1)CC1CCCCN1. The van der Waals surface area contributed by atoms with Gasteiger partial charge in [0.25, 0.3) is 0 Å². The lowest BCUT2D eigenvalue weighted by Gasteiger charge is -2.32. The van der Waals surface area contributed by atoms with Gasteiger partial charge in [-0.05, 0) is 58.6 Å². The molecular weight excluding hydrogens is 300 g/mol. The number of ether oxygens (including phenoxy) is 1. The summed E-state index contributed by atoms with van der Waals surface area (Å²) in [4.78, 5) is 14.4. The number of rotatable bonds is 6. The van der Waals surface area contributed by atoms with Crippen LogP contribution in [0, 0.1) is 0 Å². The van der Waals surface area contributed by atoms with Crippen molar-refractivity contribution in [2.24, 2.45) is 0 Å². The standard InChI is InChI=1S/C20H32N2O2/c1-20(2,3)24-19(23)22(16-18-13-7-8-14-21-18)15-9-12-17-10-5-4-6-11-17/h4-6,10-11,18,21H,7-9,12-16H2,1-3H3. The average Bonchev–Trinajstić information content (AvgIpc) is 2.54. The van der Waals surface area contributed by atoms with Gasteiger partial charge in [0, 0.05) is 19.1 Å². The Hall–Kier alpha value is -1.55. The van der Waals surface area contributed by atoms with Gasteiger partial charge in [0.1, 0.15) is 5.60 Å². The monoisotopic (exact) mass is 332 g/mol. The maximum atomic E-state index is 12.6. The maximum Gasteiger partial charge on any atom is 0.410 e. The number of hydrogen-bond donors (Lipinski definition) is 1. The first kappa shape index (κ1) is 18.8. The first-order chi connectivity index (χ1) is 11.4. The maximum absolute atomic E-state index is 12.6. The largest absolute Gasteiger partial charge is 0.444 e. The van der Waals surface area contributed by atoms with Crippen molar-refractivity contribution in [1.82, 2.24) is 10.2 Å². The molecule has 0 aromatic heterocycles. The van der Waals surface area contributed by atoms with Crippen LogP contribution in [0.4, 0.5) is 4.79 Å². The fraction of sp³-hybridized carbons (Fsp3) is 0.650. The zero-order chi connectivity index (χ0) is 17.4. The minimum Gasteiger partial charge on any atom is -0.444 e. The molecule has 4 nitrogen and oxygen atoms in total. The molecule has 1 unspecified atom stereocenters. The summed E-state index contributed by atoms with van der Waals surface area (Å²) in [5.74, 6) is 0. The first-order valence-corrected chi connectivity index (χ1v) is 9.19. The molecule has 0 aliphatic carbocycles. The van der Waals surface area contributed by atoms with E-state index in [1.165, 1.54) is 18.4 Å². The van der Waals surface area contributed by atoms with E-state index in [0.29, 0.717) is 6.04 Å². The molecule has 134 valence electrons. The van der Waals surface area contributed by atoms with Crippen molar-refractivity contribution in [3.8, 4) is 0 Å². The van der Waals surface area contributed by atoms with Crippen molar-refractivity contribution >= 4 is 6.09 Å². The van der Waals surface area contributed by atoms with Gasteiger partial charge < -0.3 is 15.0 Å². The zero-order valence-corrected chi connectivity index (χ0v) is 15.4. The number of nitrogens with zero attached hydrogens (tertiary/aromatic N) is 1. The van der Waals surface area contributed by atoms with E-state index >= 15 is 0 Å². The summed E-state index contributed by atoms with van der Waals surface area (Å²) in [7, 11) is 0. The summed E-state index contributed by atoms with van der Waals surface area (Å²) in [5, 5.41) is 3.53. The first-order valence-electron chi connectivity index (χ1n) is 9.19. The molecule has 1 N–H and O–H groups in total. The highest BCUT2D eigenvalue weighted by atomic mass is 16.6. The van der Waals surface area contributed by atoms with Crippen LogP contribution in [0.1, 0.15) is 52.0 Å². The molecule has 1 saturated heterocycles. The van der Waals surface area contributed by atoms with Crippen LogP contribution in [-0.4, -0.2) is 42.3 Å². The lowest BCUT2D eigenvalue weighted by molar-refractivity contribution is 0.0224. The molecule has 24 heavy (non-hydrogen) atoms. The Morgan fingerprint density at radius 1 is 1.25 bits per heavy atom. The van der Waals surface area contributed by atoms with Gasteiger partial charge in [0.15, 0.2) is 0 Å². The van der Waals surface area contributed by atoms with Crippen molar-refractivity contribution in [2.45, 2.75) is 64.5 Å². The molecule has 1 fully saturated rings. The molecule has 0 radical (unpaired) electrons. The van der Waals surface area contributed by atoms with E-state index in [1.54, 1.807) is 0 Å². The van der Waals surface area contributed by atoms with E-state index in [0.717, 1.165) is 38.9 Å². The lowest BCUT2D eigenvalue weighted by atomic mass is 10.0. The van der Waals surface area contributed by atoms with Gasteiger partial charge in [-0.3, -0.25) is 0 Å². The molecule has 0 bridgehead atoms. The molecule has 1 atom stereocenters. The van der Waals surface area contributed by atoms with Crippen molar-refractivity contribution in [1.29, 1.82) is 0 Å². The van der Waals surface area contributed by atoms with Gasteiger partial charge in [0.05, 0.1) is 0 Å². The van der Waals surface area contributed by atoms with Crippen molar-refractivity contribution in [3.05, 3.63) is 35.9 Å². The topological polar surface area (TPSA) is 41.6 Å². The van der Waals surface area contributed by atoms with Gasteiger partial charge >= 0.3 is 6.09 Å². The van der Waals surface area contributed by atoms with Gasteiger partial charge in [-0.2, -0.15) is 0 Å². The Labute approximate surface area is 146 Å². The molecule has 1 amide bonds. The highest BCUT2D eigenvalue weighted by molar-refractivity contribution is 5.68. The summed E-state index contributed by atoms with van der Waals surface area (Å²) in [6, 6.07) is 10.8. The predicted molar refractivity (Wildman–Crippen MR) is 98.2 cm³/mol. The van der Waals surface area contributed by atoms with E-state index in [9.17, 15) is 4.79 Å². The third kappa shape index (κ3) is 6.91. The third-order valence-corrected chi connectivity index (χ3v) is 4.24. The number of aryl methyl sites for hydroxylation is 1. The molecule has 0 saturated carbocycles. The fourth-order valence-electron chi connectivity index (χ4n) is 3.05. The highest BCUT2D eigenvalue weighted by Gasteiger charge is 2.25. The van der Waals surface area contributed by atoms with E-state index in [4.69, 9.17) is 4.74 Å². The van der Waals surface area contributed by atoms with Crippen LogP contribution >= 0.6 is 0 Å². The summed E-state index contributed by atoms with van der Waals surface area (Å²) < 4.78 is 5.60. The van der Waals surface area contributed by atoms with Crippen LogP contribution in [0.5, 0.6) is 0 Å². The molecule has 1 aromatic rings. The Morgan fingerprint density at radius 3 is 2.62 bits per heavy atom. The lowest BCUT2D eigenvalue weighted by Crippen LogP contribution is -2.47. The second-order valence-corrected chi connectivity index (χ2v) is 7.66. The minimum atomic E-state index is -0.450. The molecule has 1 aromatic carbocycles. The number of hydrogen-bond acceptors (Lipinski definition) is 3. The minimum absolute atomic E-state index is 0.192. The summed E-state index contributed by atoms with van der Waals surface area (Å²) >= 11 is 0. The average molecular weight is 332 g/mol. The molecule has 1 aliphatic heterocycles. The zero-order valence-electron chi connectivity index (χ0n) is 15.4. The van der Waals surface area contributed by atoms with Crippen LogP contribution in [0.2, 0.25) is 0 Å². The van der Waals surface area contributed by atoms with Gasteiger partial charge in [-0.25, -0.2) is 4.79 Å². The van der Waals surface area contributed by atoms with Crippen molar-refractivity contribution < 1.29 is 9.53 Å². The number of piperidine rings is 1. The second kappa shape index (κ2) is 9.07. The number of amides is 1. The quantitative estimate of drug-likeness (QED) is 0.856. The van der Waals surface area contributed by atoms with E-state index in [2.05, 4.69) is 29.6 Å². The van der Waals surface area contributed by atoms with Crippen LogP contribution in [0.25, 0.3) is 0 Å². The smallest absolute Gasteiger partial charge is 0.410 e. The summed E-state index contributed by atoms with van der Waals surface area (Å²) in [6.45, 7) is 8.30. The molecule has 1 aliphatic rings. The van der Waals surface area contributed by atoms with Gasteiger partial charge in [0.2, 0.25) is 0 Å². The van der Waals surface area contributed by atoms with E-state index in [1.807, 2.05) is 31.7 Å². The number of nitrogens with one attached hydrogen (secondary N) is 1. The third-order valence-electron chi connectivity index (χ3n) is 4.24. The Kier molecular flexibility index (Phi) is 7.10. The molecule has 0 spiro atoms. The highest BCUT2D eigenvalue weighted by Crippen LogP contribution is 2.14. The molecule has 2 rings (SSSR count). The summed E-state index contributed by atoms with van der Waals surface area (Å²) in [5.41, 5.74) is 0.867. The van der Waals surface area contributed by atoms with Crippen LogP contribution in [0.15, 0.2) is 30.3 Å². The number of carbonyl (C=O) groups is 1. The fourth-order valence-corrected chi connectivity index (χ4v) is 3.05. The predicted octanol–water partition coefficient (Wildman–Crippen LogP) is 4.00. The Morgan fingerprint density at radius 2 is 2.00 bits per heavy atom. The van der Waals surface area contributed by atoms with Crippen molar-refractivity contribution in [2.75, 3.05) is 19.6 Å². The van der Waals surface area contributed by atoms with Crippen LogP contribution in [-0.2, 0) is 11.2 Å². The van der Waals surface area contributed by atoms with Crippen molar-refractivity contribution in [3.63, 3.8) is 0 Å². The molecule has 1 heterocycles. The number of benzene rings is 1. The van der Waals surface area contributed by atoms with E-state index < -0.39 is 5.60 Å². The molecular formula is C20H32N2O2. The van der Waals surface area contributed by atoms with Crippen LogP contribution < -0.4 is 5.32 Å².